The van der Waals surface area contributed by atoms with Crippen LogP contribution in [0.4, 0.5) is 0 Å². The normalized spacial score (nSPS) is 18.4. The molecule has 2 aromatic carbocycles. The first-order chi connectivity index (χ1) is 12.0. The number of hydrogen-bond acceptors (Lipinski definition) is 3. The van der Waals surface area contributed by atoms with Gasteiger partial charge in [-0.15, -0.1) is 0 Å². The Kier molecular flexibility index (Phi) is 4.98. The number of benzene rings is 2. The summed E-state index contributed by atoms with van der Waals surface area (Å²) in [7, 11) is 1.67. The van der Waals surface area contributed by atoms with Crippen molar-refractivity contribution in [3.8, 4) is 11.5 Å². The molecule has 3 rings (SSSR count). The highest BCUT2D eigenvalue weighted by Gasteiger charge is 2.30. The molecular formula is C21H25NO3. The number of para-hydroxylation sites is 1. The minimum Gasteiger partial charge on any atom is -0.496 e. The number of carbonyl (C=O) groups is 1. The van der Waals surface area contributed by atoms with Gasteiger partial charge in [-0.1, -0.05) is 36.8 Å². The summed E-state index contributed by atoms with van der Waals surface area (Å²) in [5.41, 5.74) is 4.00. The summed E-state index contributed by atoms with van der Waals surface area (Å²) >= 11 is 0. The fourth-order valence-corrected chi connectivity index (χ4v) is 3.27. The van der Waals surface area contributed by atoms with Gasteiger partial charge in [-0.25, -0.2) is 0 Å². The first-order valence-electron chi connectivity index (χ1n) is 8.72. The summed E-state index contributed by atoms with van der Waals surface area (Å²) in [6.45, 7) is 6.76. The molecule has 0 unspecified atom stereocenters. The van der Waals surface area contributed by atoms with Crippen LogP contribution in [0.5, 0.6) is 11.5 Å². The van der Waals surface area contributed by atoms with Crippen LogP contribution in [0.15, 0.2) is 36.4 Å². The molecule has 2 aromatic rings. The number of nitrogens with one attached hydrogen (secondary N) is 1. The molecule has 132 valence electrons. The molecule has 0 saturated heterocycles. The molecule has 0 radical (unpaired) electrons. The maximum atomic E-state index is 12.6. The Morgan fingerprint density at radius 3 is 2.80 bits per heavy atom. The predicted molar refractivity (Wildman–Crippen MR) is 98.7 cm³/mol. The molecule has 0 bridgehead atoms. The van der Waals surface area contributed by atoms with Crippen LogP contribution in [0, 0.1) is 6.92 Å². The monoisotopic (exact) mass is 339 g/mol. The molecule has 2 atom stereocenters. The average molecular weight is 339 g/mol. The van der Waals surface area contributed by atoms with E-state index >= 15 is 0 Å². The van der Waals surface area contributed by atoms with E-state index in [0.29, 0.717) is 18.0 Å². The molecule has 0 aliphatic carbocycles. The summed E-state index contributed by atoms with van der Waals surface area (Å²) in [5, 5.41) is 3.00. The lowest BCUT2D eigenvalue weighted by Crippen LogP contribution is -2.26. The highest BCUT2D eigenvalue weighted by Crippen LogP contribution is 2.40. The van der Waals surface area contributed by atoms with Gasteiger partial charge in [0.05, 0.1) is 12.7 Å². The van der Waals surface area contributed by atoms with Gasteiger partial charge < -0.3 is 14.8 Å². The lowest BCUT2D eigenvalue weighted by atomic mass is 9.97. The number of amides is 1. The van der Waals surface area contributed by atoms with Crippen molar-refractivity contribution in [2.45, 2.75) is 39.2 Å². The van der Waals surface area contributed by atoms with Crippen molar-refractivity contribution in [3.05, 3.63) is 58.7 Å². The van der Waals surface area contributed by atoms with E-state index in [0.717, 1.165) is 29.0 Å². The second-order valence-corrected chi connectivity index (χ2v) is 6.66. The van der Waals surface area contributed by atoms with Crippen LogP contribution in [0.25, 0.3) is 0 Å². The van der Waals surface area contributed by atoms with Gasteiger partial charge in [0, 0.05) is 18.0 Å². The Hall–Kier alpha value is -2.49. The van der Waals surface area contributed by atoms with Gasteiger partial charge >= 0.3 is 0 Å². The molecule has 1 aliphatic heterocycles. The van der Waals surface area contributed by atoms with E-state index in [1.54, 1.807) is 7.11 Å². The number of fused-ring (bicyclic) bond motifs is 1. The summed E-state index contributed by atoms with van der Waals surface area (Å²) in [5.74, 6) is 1.80. The second kappa shape index (κ2) is 7.18. The molecule has 4 heteroatoms. The van der Waals surface area contributed by atoms with E-state index in [4.69, 9.17) is 9.47 Å². The average Bonchev–Trinajstić information content (AvgIpc) is 2.89. The summed E-state index contributed by atoms with van der Waals surface area (Å²) in [6, 6.07) is 11.9. The molecule has 1 heterocycles. The third-order valence-electron chi connectivity index (χ3n) is 4.90. The predicted octanol–water partition coefficient (Wildman–Crippen LogP) is 3.86. The van der Waals surface area contributed by atoms with E-state index in [1.165, 1.54) is 5.56 Å². The van der Waals surface area contributed by atoms with Crippen LogP contribution >= 0.6 is 0 Å². The number of ether oxygens (including phenoxy) is 2. The van der Waals surface area contributed by atoms with Crippen molar-refractivity contribution in [2.24, 2.45) is 0 Å². The van der Waals surface area contributed by atoms with Crippen LogP contribution < -0.4 is 14.8 Å². The van der Waals surface area contributed by atoms with Crippen molar-refractivity contribution in [1.29, 1.82) is 0 Å². The van der Waals surface area contributed by atoms with Gasteiger partial charge in [-0.3, -0.25) is 4.79 Å². The fourth-order valence-electron chi connectivity index (χ4n) is 3.27. The molecule has 0 spiro atoms. The third-order valence-corrected chi connectivity index (χ3v) is 4.90. The summed E-state index contributed by atoms with van der Waals surface area (Å²) in [6.07, 6.45) is 0.819. The first-order valence-corrected chi connectivity index (χ1v) is 8.72. The van der Waals surface area contributed by atoms with Crippen LogP contribution in [0.1, 0.15) is 46.8 Å². The molecule has 0 aromatic heterocycles. The smallest absolute Gasteiger partial charge is 0.255 e. The van der Waals surface area contributed by atoms with Gasteiger partial charge in [-0.05, 0) is 38.0 Å². The van der Waals surface area contributed by atoms with Crippen LogP contribution in [-0.4, -0.2) is 25.7 Å². The van der Waals surface area contributed by atoms with Crippen LogP contribution in [-0.2, 0) is 6.42 Å². The maximum absolute atomic E-state index is 12.6. The van der Waals surface area contributed by atoms with Crippen molar-refractivity contribution in [3.63, 3.8) is 0 Å². The topological polar surface area (TPSA) is 47.6 Å². The SMILES string of the molecule is COc1ccc(C)cc1CCNC(=O)c1cccc2c1O[C@H](C)[C@H]2C. The highest BCUT2D eigenvalue weighted by atomic mass is 16.5. The van der Waals surface area contributed by atoms with Crippen molar-refractivity contribution in [2.75, 3.05) is 13.7 Å². The van der Waals surface area contributed by atoms with Gasteiger partial charge in [0.2, 0.25) is 0 Å². The van der Waals surface area contributed by atoms with E-state index in [-0.39, 0.29) is 12.0 Å². The number of methoxy groups -OCH3 is 1. The molecule has 0 fully saturated rings. The van der Waals surface area contributed by atoms with E-state index in [2.05, 4.69) is 25.2 Å². The Labute approximate surface area is 149 Å². The minimum absolute atomic E-state index is 0.0928. The molecule has 1 aliphatic rings. The second-order valence-electron chi connectivity index (χ2n) is 6.66. The van der Waals surface area contributed by atoms with Crippen molar-refractivity contribution >= 4 is 5.91 Å². The number of carbonyl (C=O) groups excluding carboxylic acids is 1. The van der Waals surface area contributed by atoms with E-state index < -0.39 is 0 Å². The van der Waals surface area contributed by atoms with Crippen molar-refractivity contribution in [1.82, 2.24) is 5.32 Å². The highest BCUT2D eigenvalue weighted by molar-refractivity contribution is 5.97. The minimum atomic E-state index is -0.0928. The Bertz CT molecular complexity index is 785. The van der Waals surface area contributed by atoms with Gasteiger partial charge in [-0.2, -0.15) is 0 Å². The standard InChI is InChI=1S/C21H25NO3/c1-13-8-9-19(24-4)16(12-13)10-11-22-21(23)18-7-5-6-17-14(2)15(3)25-20(17)18/h5-9,12,14-15H,10-11H2,1-4H3,(H,22,23)/t14-,15-/m1/s1. The fraction of sp³-hybridized carbons (Fsp3) is 0.381. The van der Waals surface area contributed by atoms with Gasteiger partial charge in [0.25, 0.3) is 5.91 Å². The summed E-state index contributed by atoms with van der Waals surface area (Å²) < 4.78 is 11.3. The van der Waals surface area contributed by atoms with Crippen LogP contribution in [0.2, 0.25) is 0 Å². The summed E-state index contributed by atoms with van der Waals surface area (Å²) in [4.78, 5) is 12.6. The van der Waals surface area contributed by atoms with Crippen LogP contribution in [0.3, 0.4) is 0 Å². The van der Waals surface area contributed by atoms with Gasteiger partial charge in [0.1, 0.15) is 17.6 Å². The zero-order chi connectivity index (χ0) is 18.0. The maximum Gasteiger partial charge on any atom is 0.255 e. The number of rotatable bonds is 5. The molecular weight excluding hydrogens is 314 g/mol. The first kappa shape index (κ1) is 17.3. The Balaban J connectivity index is 1.68. The lowest BCUT2D eigenvalue weighted by Gasteiger charge is -2.12. The lowest BCUT2D eigenvalue weighted by molar-refractivity contribution is 0.0949. The quantitative estimate of drug-likeness (QED) is 0.900. The van der Waals surface area contributed by atoms with Crippen molar-refractivity contribution < 1.29 is 14.3 Å². The molecule has 0 saturated carbocycles. The molecule has 1 amide bonds. The molecule has 4 nitrogen and oxygen atoms in total. The zero-order valence-corrected chi connectivity index (χ0v) is 15.3. The Morgan fingerprint density at radius 2 is 2.04 bits per heavy atom. The third kappa shape index (κ3) is 3.48. The van der Waals surface area contributed by atoms with Gasteiger partial charge in [0.15, 0.2) is 0 Å². The molecule has 25 heavy (non-hydrogen) atoms. The number of aryl methyl sites for hydroxylation is 1. The molecule has 1 N–H and O–H groups in total. The van der Waals surface area contributed by atoms with E-state index in [9.17, 15) is 4.79 Å². The number of hydrogen-bond donors (Lipinski definition) is 1. The zero-order valence-electron chi connectivity index (χ0n) is 15.3. The Morgan fingerprint density at radius 1 is 1.24 bits per heavy atom. The largest absolute Gasteiger partial charge is 0.496 e. The van der Waals surface area contributed by atoms with E-state index in [1.807, 2.05) is 37.3 Å².